The van der Waals surface area contributed by atoms with Crippen LogP contribution in [0.25, 0.3) is 0 Å². The standard InChI is InChI=1S/C17H21F3N2O/c1-16(2,11-21)6-7-22-10-14(23)9-15(22)12-4-3-5-13(8-12)17(18,19)20/h3-5,8,14-15,23H,6-7,9-10H2,1-2H3. The van der Waals surface area contributed by atoms with E-state index in [0.29, 0.717) is 31.5 Å². The maximum Gasteiger partial charge on any atom is 0.416 e. The highest BCUT2D eigenvalue weighted by Gasteiger charge is 2.35. The molecule has 6 heteroatoms. The third-order valence-corrected chi connectivity index (χ3v) is 4.31. The summed E-state index contributed by atoms with van der Waals surface area (Å²) in [6, 6.07) is 7.26. The summed E-state index contributed by atoms with van der Waals surface area (Å²) in [5, 5.41) is 19.0. The smallest absolute Gasteiger partial charge is 0.392 e. The molecule has 1 saturated heterocycles. The molecule has 2 atom stereocenters. The van der Waals surface area contributed by atoms with Gasteiger partial charge in [-0.05, 0) is 44.4 Å². The van der Waals surface area contributed by atoms with E-state index in [9.17, 15) is 18.3 Å². The van der Waals surface area contributed by atoms with Gasteiger partial charge in [-0.2, -0.15) is 18.4 Å². The normalized spacial score (nSPS) is 23.0. The number of aliphatic hydroxyl groups excluding tert-OH is 1. The number of halogens is 3. The molecular weight excluding hydrogens is 305 g/mol. The van der Waals surface area contributed by atoms with Gasteiger partial charge in [-0.25, -0.2) is 0 Å². The molecule has 1 aromatic rings. The van der Waals surface area contributed by atoms with E-state index in [1.165, 1.54) is 6.07 Å². The number of β-amino-alcohol motifs (C(OH)–C–C–N with tert-alkyl or cyclic N) is 1. The average molecular weight is 326 g/mol. The molecule has 0 radical (unpaired) electrons. The predicted molar refractivity (Wildman–Crippen MR) is 80.4 cm³/mol. The summed E-state index contributed by atoms with van der Waals surface area (Å²) in [5.41, 5.74) is -0.605. The van der Waals surface area contributed by atoms with Crippen LogP contribution in [0.2, 0.25) is 0 Å². The third-order valence-electron chi connectivity index (χ3n) is 4.31. The number of nitrogens with zero attached hydrogens (tertiary/aromatic N) is 2. The Hall–Kier alpha value is -1.58. The van der Waals surface area contributed by atoms with Crippen LogP contribution in [0.5, 0.6) is 0 Å². The molecule has 0 aromatic heterocycles. The van der Waals surface area contributed by atoms with Crippen molar-refractivity contribution in [2.75, 3.05) is 13.1 Å². The lowest BCUT2D eigenvalue weighted by atomic mass is 9.91. The lowest BCUT2D eigenvalue weighted by Gasteiger charge is -2.27. The van der Waals surface area contributed by atoms with Crippen LogP contribution in [0.4, 0.5) is 13.2 Å². The van der Waals surface area contributed by atoms with Crippen molar-refractivity contribution in [3.05, 3.63) is 35.4 Å². The fourth-order valence-corrected chi connectivity index (χ4v) is 2.87. The molecule has 2 unspecified atom stereocenters. The van der Waals surface area contributed by atoms with Gasteiger partial charge >= 0.3 is 6.18 Å². The van der Waals surface area contributed by atoms with Crippen molar-refractivity contribution in [2.45, 2.75) is 45.0 Å². The summed E-state index contributed by atoms with van der Waals surface area (Å²) in [6.45, 7) is 4.65. The maximum absolute atomic E-state index is 12.9. The van der Waals surface area contributed by atoms with Gasteiger partial charge in [-0.1, -0.05) is 12.1 Å². The highest BCUT2D eigenvalue weighted by Crippen LogP contribution is 2.36. The van der Waals surface area contributed by atoms with Crippen LogP contribution >= 0.6 is 0 Å². The summed E-state index contributed by atoms with van der Waals surface area (Å²) < 4.78 is 38.6. The Bertz CT molecular complexity index is 592. The summed E-state index contributed by atoms with van der Waals surface area (Å²) in [4.78, 5) is 1.97. The van der Waals surface area contributed by atoms with Crippen molar-refractivity contribution in [1.82, 2.24) is 4.90 Å². The van der Waals surface area contributed by atoms with Gasteiger partial charge < -0.3 is 5.11 Å². The van der Waals surface area contributed by atoms with Gasteiger partial charge in [0.2, 0.25) is 0 Å². The average Bonchev–Trinajstić information content (AvgIpc) is 2.86. The quantitative estimate of drug-likeness (QED) is 0.916. The summed E-state index contributed by atoms with van der Waals surface area (Å²) in [7, 11) is 0. The Morgan fingerprint density at radius 1 is 1.35 bits per heavy atom. The van der Waals surface area contributed by atoms with E-state index >= 15 is 0 Å². The molecule has 0 amide bonds. The molecule has 3 nitrogen and oxygen atoms in total. The third kappa shape index (κ3) is 4.46. The first-order valence-electron chi connectivity index (χ1n) is 7.63. The molecular formula is C17H21F3N2O. The maximum atomic E-state index is 12.9. The Labute approximate surface area is 134 Å². The Balaban J connectivity index is 2.18. The summed E-state index contributed by atoms with van der Waals surface area (Å²) in [5.74, 6) is 0. The largest absolute Gasteiger partial charge is 0.416 e. The van der Waals surface area contributed by atoms with Crippen LogP contribution in [0.15, 0.2) is 24.3 Å². The van der Waals surface area contributed by atoms with Crippen molar-refractivity contribution in [3.8, 4) is 6.07 Å². The van der Waals surface area contributed by atoms with E-state index in [1.54, 1.807) is 6.07 Å². The zero-order valence-corrected chi connectivity index (χ0v) is 13.3. The summed E-state index contributed by atoms with van der Waals surface area (Å²) >= 11 is 0. The predicted octanol–water partition coefficient (Wildman–Crippen LogP) is 3.75. The Kier molecular flexibility index (Phi) is 5.02. The second-order valence-corrected chi connectivity index (χ2v) is 6.77. The topological polar surface area (TPSA) is 47.3 Å². The number of hydrogen-bond acceptors (Lipinski definition) is 3. The fourth-order valence-electron chi connectivity index (χ4n) is 2.87. The van der Waals surface area contributed by atoms with Gasteiger partial charge in [0.1, 0.15) is 0 Å². The van der Waals surface area contributed by atoms with Crippen LogP contribution in [-0.2, 0) is 6.18 Å². The van der Waals surface area contributed by atoms with Gasteiger partial charge in [-0.15, -0.1) is 0 Å². The zero-order valence-electron chi connectivity index (χ0n) is 13.3. The molecule has 1 fully saturated rings. The van der Waals surface area contributed by atoms with Gasteiger partial charge in [0.25, 0.3) is 0 Å². The molecule has 2 rings (SSSR count). The van der Waals surface area contributed by atoms with Crippen LogP contribution in [0, 0.1) is 16.7 Å². The van der Waals surface area contributed by atoms with Crippen molar-refractivity contribution in [1.29, 1.82) is 5.26 Å². The van der Waals surface area contributed by atoms with Crippen LogP contribution in [-0.4, -0.2) is 29.2 Å². The van der Waals surface area contributed by atoms with Crippen molar-refractivity contribution in [2.24, 2.45) is 5.41 Å². The number of alkyl halides is 3. The van der Waals surface area contributed by atoms with Gasteiger partial charge in [0.15, 0.2) is 0 Å². The van der Waals surface area contributed by atoms with Gasteiger partial charge in [0.05, 0.1) is 23.2 Å². The van der Waals surface area contributed by atoms with E-state index in [4.69, 9.17) is 5.26 Å². The molecule has 1 aliphatic rings. The van der Waals surface area contributed by atoms with E-state index in [2.05, 4.69) is 6.07 Å². The number of aliphatic hydroxyl groups is 1. The number of hydrogen-bond donors (Lipinski definition) is 1. The van der Waals surface area contributed by atoms with Crippen molar-refractivity contribution >= 4 is 0 Å². The number of likely N-dealkylation sites (tertiary alicyclic amines) is 1. The fraction of sp³-hybridized carbons (Fsp3) is 0.588. The van der Waals surface area contributed by atoms with Gasteiger partial charge in [0, 0.05) is 19.1 Å². The second kappa shape index (κ2) is 6.50. The highest BCUT2D eigenvalue weighted by atomic mass is 19.4. The SMILES string of the molecule is CC(C)(C#N)CCN1CC(O)CC1c1cccc(C(F)(F)F)c1. The van der Waals surface area contributed by atoms with Crippen LogP contribution in [0.3, 0.4) is 0 Å². The molecule has 1 heterocycles. The van der Waals surface area contributed by atoms with Gasteiger partial charge in [-0.3, -0.25) is 4.90 Å². The summed E-state index contributed by atoms with van der Waals surface area (Å²) in [6.07, 6.45) is -3.92. The molecule has 0 spiro atoms. The Morgan fingerprint density at radius 3 is 2.65 bits per heavy atom. The minimum absolute atomic E-state index is 0.248. The molecule has 0 aliphatic carbocycles. The molecule has 126 valence electrons. The number of nitriles is 1. The number of benzene rings is 1. The first kappa shape index (κ1) is 17.8. The Morgan fingerprint density at radius 2 is 2.04 bits per heavy atom. The first-order chi connectivity index (χ1) is 10.6. The van der Waals surface area contributed by atoms with E-state index in [0.717, 1.165) is 12.1 Å². The molecule has 23 heavy (non-hydrogen) atoms. The molecule has 1 aliphatic heterocycles. The second-order valence-electron chi connectivity index (χ2n) is 6.77. The van der Waals surface area contributed by atoms with Crippen molar-refractivity contribution in [3.63, 3.8) is 0 Å². The van der Waals surface area contributed by atoms with Crippen LogP contribution < -0.4 is 0 Å². The molecule has 1 aromatic carbocycles. The van der Waals surface area contributed by atoms with E-state index in [1.807, 2.05) is 18.7 Å². The zero-order chi connectivity index (χ0) is 17.3. The highest BCUT2D eigenvalue weighted by molar-refractivity contribution is 5.29. The molecule has 0 saturated carbocycles. The lowest BCUT2D eigenvalue weighted by Crippen LogP contribution is -2.29. The van der Waals surface area contributed by atoms with E-state index in [-0.39, 0.29) is 6.04 Å². The first-order valence-corrected chi connectivity index (χ1v) is 7.63. The minimum atomic E-state index is -4.37. The lowest BCUT2D eigenvalue weighted by molar-refractivity contribution is -0.137. The number of rotatable bonds is 4. The minimum Gasteiger partial charge on any atom is -0.392 e. The van der Waals surface area contributed by atoms with Crippen LogP contribution in [0.1, 0.15) is 43.9 Å². The van der Waals surface area contributed by atoms with E-state index < -0.39 is 23.3 Å². The van der Waals surface area contributed by atoms with Crippen molar-refractivity contribution < 1.29 is 18.3 Å². The molecule has 0 bridgehead atoms. The monoisotopic (exact) mass is 326 g/mol. The molecule has 1 N–H and O–H groups in total.